The van der Waals surface area contributed by atoms with Gasteiger partial charge in [-0.2, -0.15) is 0 Å². The van der Waals surface area contributed by atoms with Gasteiger partial charge in [-0.15, -0.1) is 0 Å². The van der Waals surface area contributed by atoms with E-state index in [9.17, 15) is 4.79 Å². The molecule has 1 rings (SSSR count). The summed E-state index contributed by atoms with van der Waals surface area (Å²) in [5.74, 6) is 0.880. The summed E-state index contributed by atoms with van der Waals surface area (Å²) in [6, 6.07) is 3.78. The van der Waals surface area contributed by atoms with Gasteiger partial charge in [0.2, 0.25) is 0 Å². The fourth-order valence-electron chi connectivity index (χ4n) is 1.46. The molecule has 0 aliphatic carbocycles. The van der Waals surface area contributed by atoms with Gasteiger partial charge in [-0.3, -0.25) is 4.79 Å². The maximum Gasteiger partial charge on any atom is 0.257 e. The zero-order chi connectivity index (χ0) is 13.0. The summed E-state index contributed by atoms with van der Waals surface area (Å²) in [4.78, 5) is 11.2. The smallest absolute Gasteiger partial charge is 0.257 e. The molecule has 0 saturated heterocycles. The zero-order valence-corrected chi connectivity index (χ0v) is 11.4. The first-order valence-electron chi connectivity index (χ1n) is 5.59. The second-order valence-corrected chi connectivity index (χ2v) is 4.66. The van der Waals surface area contributed by atoms with Crippen molar-refractivity contribution in [1.29, 1.82) is 0 Å². The zero-order valence-electron chi connectivity index (χ0n) is 10.6. The van der Waals surface area contributed by atoms with E-state index in [0.29, 0.717) is 5.92 Å². The molecule has 0 aliphatic heterocycles. The number of carbonyl (C=O) groups is 1. The number of benzene rings is 1. The Morgan fingerprint density at radius 1 is 1.47 bits per heavy atom. The van der Waals surface area contributed by atoms with Gasteiger partial charge in [0.25, 0.3) is 5.91 Å². The van der Waals surface area contributed by atoms with E-state index in [1.165, 1.54) is 0 Å². The molecular formula is C13H18ClNO2. The number of likely N-dealkylation sites (N-methyl/N-ethyl adjacent to an activating group) is 1. The molecule has 1 aromatic carbocycles. The minimum absolute atomic E-state index is 0.0251. The average Bonchev–Trinajstić information content (AvgIpc) is 2.29. The third-order valence-electron chi connectivity index (χ3n) is 2.55. The lowest BCUT2D eigenvalue weighted by atomic mass is 10.0. The predicted octanol–water partition coefficient (Wildman–Crippen LogP) is 2.90. The van der Waals surface area contributed by atoms with Gasteiger partial charge in [0.05, 0.1) is 0 Å². The van der Waals surface area contributed by atoms with E-state index >= 15 is 0 Å². The summed E-state index contributed by atoms with van der Waals surface area (Å²) in [5.41, 5.74) is 1.97. The van der Waals surface area contributed by atoms with Crippen molar-refractivity contribution in [2.45, 2.75) is 26.7 Å². The second-order valence-electron chi connectivity index (χ2n) is 4.26. The Bertz CT molecular complexity index is 416. The monoisotopic (exact) mass is 255 g/mol. The van der Waals surface area contributed by atoms with Crippen LogP contribution in [-0.2, 0) is 4.79 Å². The summed E-state index contributed by atoms with van der Waals surface area (Å²) in [6.45, 7) is 6.07. The lowest BCUT2D eigenvalue weighted by molar-refractivity contribution is -0.122. The molecule has 1 amide bonds. The SMILES string of the molecule is CNC(=O)COc1cc(C)c(Cl)cc1C(C)C. The highest BCUT2D eigenvalue weighted by Crippen LogP contribution is 2.31. The Hall–Kier alpha value is -1.22. The van der Waals surface area contributed by atoms with Crippen LogP contribution in [0.2, 0.25) is 5.02 Å². The molecular weight excluding hydrogens is 238 g/mol. The van der Waals surface area contributed by atoms with Crippen LogP contribution >= 0.6 is 11.6 Å². The molecule has 1 N–H and O–H groups in total. The summed E-state index contributed by atoms with van der Waals surface area (Å²) < 4.78 is 5.52. The summed E-state index contributed by atoms with van der Waals surface area (Å²) in [5, 5.41) is 3.24. The molecule has 0 saturated carbocycles. The quantitative estimate of drug-likeness (QED) is 0.899. The summed E-state index contributed by atoms with van der Waals surface area (Å²) >= 11 is 6.09. The first-order valence-corrected chi connectivity index (χ1v) is 5.97. The summed E-state index contributed by atoms with van der Waals surface area (Å²) in [7, 11) is 1.59. The third kappa shape index (κ3) is 3.63. The highest BCUT2D eigenvalue weighted by molar-refractivity contribution is 6.31. The number of amides is 1. The van der Waals surface area contributed by atoms with Crippen LogP contribution in [0.25, 0.3) is 0 Å². The van der Waals surface area contributed by atoms with Gasteiger partial charge in [-0.25, -0.2) is 0 Å². The number of rotatable bonds is 4. The van der Waals surface area contributed by atoms with E-state index in [-0.39, 0.29) is 12.5 Å². The van der Waals surface area contributed by atoms with Crippen LogP contribution in [0.1, 0.15) is 30.9 Å². The fourth-order valence-corrected chi connectivity index (χ4v) is 1.63. The van der Waals surface area contributed by atoms with Crippen molar-refractivity contribution < 1.29 is 9.53 Å². The molecule has 1 aromatic rings. The lowest BCUT2D eigenvalue weighted by Crippen LogP contribution is -2.25. The van der Waals surface area contributed by atoms with E-state index in [4.69, 9.17) is 16.3 Å². The molecule has 0 bridgehead atoms. The van der Waals surface area contributed by atoms with E-state index < -0.39 is 0 Å². The Balaban J connectivity index is 2.96. The van der Waals surface area contributed by atoms with Crippen molar-refractivity contribution >= 4 is 17.5 Å². The molecule has 0 radical (unpaired) electrons. The maximum atomic E-state index is 11.2. The van der Waals surface area contributed by atoms with Crippen molar-refractivity contribution in [3.05, 3.63) is 28.3 Å². The normalized spacial score (nSPS) is 10.5. The van der Waals surface area contributed by atoms with Gasteiger partial charge in [0.15, 0.2) is 6.61 Å². The molecule has 0 aromatic heterocycles. The molecule has 3 nitrogen and oxygen atoms in total. The van der Waals surface area contributed by atoms with Crippen molar-refractivity contribution in [3.63, 3.8) is 0 Å². The van der Waals surface area contributed by atoms with Gasteiger partial charge >= 0.3 is 0 Å². The molecule has 0 heterocycles. The average molecular weight is 256 g/mol. The number of hydrogen-bond donors (Lipinski definition) is 1. The van der Waals surface area contributed by atoms with E-state index in [0.717, 1.165) is 21.9 Å². The molecule has 94 valence electrons. The van der Waals surface area contributed by atoms with Crippen LogP contribution in [0.4, 0.5) is 0 Å². The fraction of sp³-hybridized carbons (Fsp3) is 0.462. The second kappa shape index (κ2) is 5.92. The van der Waals surface area contributed by atoms with Gasteiger partial charge in [0, 0.05) is 12.1 Å². The standard InChI is InChI=1S/C13H18ClNO2/c1-8(2)10-6-11(14)9(3)5-12(10)17-7-13(16)15-4/h5-6,8H,7H2,1-4H3,(H,15,16). The molecule has 4 heteroatoms. The lowest BCUT2D eigenvalue weighted by Gasteiger charge is -2.15. The predicted molar refractivity (Wildman–Crippen MR) is 69.8 cm³/mol. The maximum absolute atomic E-state index is 11.2. The Morgan fingerprint density at radius 2 is 2.12 bits per heavy atom. The number of nitrogens with one attached hydrogen (secondary N) is 1. The van der Waals surface area contributed by atoms with Crippen molar-refractivity contribution in [2.75, 3.05) is 13.7 Å². The first-order chi connectivity index (χ1) is 7.95. The largest absolute Gasteiger partial charge is 0.483 e. The third-order valence-corrected chi connectivity index (χ3v) is 2.96. The molecule has 0 unspecified atom stereocenters. The number of halogens is 1. The van der Waals surface area contributed by atoms with Crippen molar-refractivity contribution in [3.8, 4) is 5.75 Å². The Kier molecular flexibility index (Phi) is 4.82. The number of ether oxygens (including phenoxy) is 1. The van der Waals surface area contributed by atoms with Crippen molar-refractivity contribution in [1.82, 2.24) is 5.32 Å². The number of hydrogen-bond acceptors (Lipinski definition) is 2. The van der Waals surface area contributed by atoms with Crippen LogP contribution in [-0.4, -0.2) is 19.6 Å². The van der Waals surface area contributed by atoms with Gasteiger partial charge in [-0.05, 0) is 36.1 Å². The highest BCUT2D eigenvalue weighted by Gasteiger charge is 2.12. The Morgan fingerprint density at radius 3 is 2.65 bits per heavy atom. The molecule has 17 heavy (non-hydrogen) atoms. The van der Waals surface area contributed by atoms with Gasteiger partial charge in [-0.1, -0.05) is 25.4 Å². The van der Waals surface area contributed by atoms with Crippen LogP contribution in [0.5, 0.6) is 5.75 Å². The van der Waals surface area contributed by atoms with Crippen LogP contribution in [0.15, 0.2) is 12.1 Å². The van der Waals surface area contributed by atoms with E-state index in [1.807, 2.05) is 19.1 Å². The highest BCUT2D eigenvalue weighted by atomic mass is 35.5. The number of aryl methyl sites for hydroxylation is 1. The minimum atomic E-state index is -0.146. The number of carbonyl (C=O) groups excluding carboxylic acids is 1. The van der Waals surface area contributed by atoms with Crippen LogP contribution < -0.4 is 10.1 Å². The summed E-state index contributed by atoms with van der Waals surface area (Å²) in [6.07, 6.45) is 0. The first kappa shape index (κ1) is 13.8. The molecule has 0 spiro atoms. The minimum Gasteiger partial charge on any atom is -0.483 e. The van der Waals surface area contributed by atoms with Crippen molar-refractivity contribution in [2.24, 2.45) is 0 Å². The van der Waals surface area contributed by atoms with Gasteiger partial charge < -0.3 is 10.1 Å². The van der Waals surface area contributed by atoms with Gasteiger partial charge in [0.1, 0.15) is 5.75 Å². The topological polar surface area (TPSA) is 38.3 Å². The van der Waals surface area contributed by atoms with Crippen LogP contribution in [0.3, 0.4) is 0 Å². The van der Waals surface area contributed by atoms with E-state index in [2.05, 4.69) is 19.2 Å². The molecule has 0 aliphatic rings. The van der Waals surface area contributed by atoms with Crippen LogP contribution in [0, 0.1) is 6.92 Å². The Labute approximate surface area is 107 Å². The van der Waals surface area contributed by atoms with E-state index in [1.54, 1.807) is 7.05 Å². The molecule has 0 fully saturated rings. The molecule has 0 atom stereocenters.